The van der Waals surface area contributed by atoms with Crippen LogP contribution in [0.4, 0.5) is 0 Å². The number of rotatable bonds is 5. The highest BCUT2D eigenvalue weighted by molar-refractivity contribution is 7.26. The van der Waals surface area contributed by atoms with Crippen LogP contribution in [0, 0.1) is 0 Å². The predicted octanol–water partition coefficient (Wildman–Crippen LogP) is 15.2. The minimum absolute atomic E-state index is 0.643. The Hall–Kier alpha value is -7.53. The van der Waals surface area contributed by atoms with E-state index in [1.807, 2.05) is 18.2 Å². The first-order chi connectivity index (χ1) is 29.2. The number of aromatic nitrogens is 3. The molecule has 12 aromatic rings. The number of hydrogen-bond donors (Lipinski definition) is 0. The minimum Gasteiger partial charge on any atom is -0.208 e. The van der Waals surface area contributed by atoms with Crippen LogP contribution in [0.2, 0.25) is 0 Å². The Kier molecular flexibility index (Phi) is 7.72. The first kappa shape index (κ1) is 33.6. The Morgan fingerprint density at radius 1 is 0.271 bits per heavy atom. The number of nitrogens with zero attached hydrogens (tertiary/aromatic N) is 3. The Morgan fingerprint density at radius 3 is 1.49 bits per heavy atom. The third kappa shape index (κ3) is 5.53. The van der Waals surface area contributed by atoms with Crippen molar-refractivity contribution in [3.8, 4) is 56.4 Å². The van der Waals surface area contributed by atoms with Crippen LogP contribution in [0.15, 0.2) is 200 Å². The van der Waals surface area contributed by atoms with Crippen LogP contribution in [-0.2, 0) is 0 Å². The summed E-state index contributed by atoms with van der Waals surface area (Å²) in [7, 11) is 0. The fourth-order valence-electron chi connectivity index (χ4n) is 8.97. The molecule has 0 atom stereocenters. The molecule has 0 saturated heterocycles. The zero-order chi connectivity index (χ0) is 38.9. The zero-order valence-electron chi connectivity index (χ0n) is 31.8. The van der Waals surface area contributed by atoms with Crippen molar-refractivity contribution < 1.29 is 0 Å². The van der Waals surface area contributed by atoms with Crippen molar-refractivity contribution in [2.75, 3.05) is 0 Å². The molecular formula is C55H33N3S. The van der Waals surface area contributed by atoms with Gasteiger partial charge in [0.15, 0.2) is 17.5 Å². The molecule has 274 valence electrons. The number of benzene rings is 10. The lowest BCUT2D eigenvalue weighted by atomic mass is 9.87. The second-order valence-corrected chi connectivity index (χ2v) is 16.1. The first-order valence-electron chi connectivity index (χ1n) is 19.9. The lowest BCUT2D eigenvalue weighted by Crippen LogP contribution is -2.00. The van der Waals surface area contributed by atoms with Crippen LogP contribution >= 0.6 is 11.3 Å². The summed E-state index contributed by atoms with van der Waals surface area (Å²) in [5, 5.41) is 12.7. The van der Waals surface area contributed by atoms with Crippen molar-refractivity contribution in [1.29, 1.82) is 0 Å². The Balaban J connectivity index is 1.01. The average Bonchev–Trinajstić information content (AvgIpc) is 3.70. The highest BCUT2D eigenvalue weighted by Gasteiger charge is 2.18. The van der Waals surface area contributed by atoms with Crippen molar-refractivity contribution in [3.05, 3.63) is 200 Å². The van der Waals surface area contributed by atoms with Crippen LogP contribution in [0.25, 0.3) is 120 Å². The van der Waals surface area contributed by atoms with Crippen LogP contribution in [-0.4, -0.2) is 15.0 Å². The lowest BCUT2D eigenvalue weighted by molar-refractivity contribution is 1.08. The van der Waals surface area contributed by atoms with Gasteiger partial charge in [0.05, 0.1) is 0 Å². The maximum Gasteiger partial charge on any atom is 0.165 e. The molecule has 0 radical (unpaired) electrons. The van der Waals surface area contributed by atoms with Gasteiger partial charge in [0.2, 0.25) is 0 Å². The van der Waals surface area contributed by atoms with E-state index in [-0.39, 0.29) is 0 Å². The standard InChI is InChI=1S/C55H33N3S/c1-2-15-34(16-3-1)53-56-54(58-55(57-53)47-29-14-28-46-43-25-10-11-30-50(43)59-52(46)47)38-20-13-18-36(32-38)35-17-12-19-37(31-35)48-33-49-41-23-5-4-21-39(41)40-22-6-8-26-44(40)51(49)45-27-9-7-24-42(45)48/h1-33H. The fourth-order valence-corrected chi connectivity index (χ4v) is 10.2. The van der Waals surface area contributed by atoms with E-state index in [1.165, 1.54) is 74.4 Å². The van der Waals surface area contributed by atoms with Crippen molar-refractivity contribution in [2.45, 2.75) is 0 Å². The van der Waals surface area contributed by atoms with Crippen molar-refractivity contribution >= 4 is 74.6 Å². The summed E-state index contributed by atoms with van der Waals surface area (Å²) in [5.74, 6) is 1.96. The van der Waals surface area contributed by atoms with Crippen LogP contribution < -0.4 is 0 Å². The molecule has 0 bridgehead atoms. The van der Waals surface area contributed by atoms with Gasteiger partial charge in [-0.3, -0.25) is 0 Å². The highest BCUT2D eigenvalue weighted by atomic mass is 32.1. The average molecular weight is 768 g/mol. The molecule has 2 aromatic heterocycles. The van der Waals surface area contributed by atoms with Gasteiger partial charge in [0.1, 0.15) is 0 Å². The van der Waals surface area contributed by atoms with E-state index in [1.54, 1.807) is 11.3 Å². The van der Waals surface area contributed by atoms with Crippen LogP contribution in [0.3, 0.4) is 0 Å². The largest absolute Gasteiger partial charge is 0.208 e. The van der Waals surface area contributed by atoms with Crippen molar-refractivity contribution in [1.82, 2.24) is 15.0 Å². The first-order valence-corrected chi connectivity index (χ1v) is 20.8. The summed E-state index contributed by atoms with van der Waals surface area (Å²) in [6.07, 6.45) is 0. The van der Waals surface area contributed by atoms with E-state index in [0.717, 1.165) is 27.8 Å². The maximum absolute atomic E-state index is 5.21. The van der Waals surface area contributed by atoms with Crippen molar-refractivity contribution in [2.24, 2.45) is 0 Å². The van der Waals surface area contributed by atoms with Crippen LogP contribution in [0.1, 0.15) is 0 Å². The van der Waals surface area contributed by atoms with E-state index in [9.17, 15) is 0 Å². The smallest absolute Gasteiger partial charge is 0.165 e. The number of hydrogen-bond acceptors (Lipinski definition) is 4. The maximum atomic E-state index is 5.21. The monoisotopic (exact) mass is 767 g/mol. The molecule has 12 rings (SSSR count). The summed E-state index contributed by atoms with van der Waals surface area (Å²) in [6, 6.07) is 71.7. The quantitative estimate of drug-likeness (QED) is 0.164. The molecule has 0 amide bonds. The van der Waals surface area contributed by atoms with Gasteiger partial charge in [-0.1, -0.05) is 170 Å². The molecule has 0 aliphatic heterocycles. The molecule has 0 fully saturated rings. The summed E-state index contributed by atoms with van der Waals surface area (Å²) >= 11 is 1.79. The molecule has 10 aromatic carbocycles. The SMILES string of the molecule is c1ccc(-c2nc(-c3cccc(-c4cccc(-c5cc6c7ccccc7c7ccccc7c6c6ccccc56)c4)c3)nc(-c3cccc4c3sc3ccccc34)n2)cc1. The molecule has 0 spiro atoms. The second kappa shape index (κ2) is 13.6. The van der Waals surface area contributed by atoms with Gasteiger partial charge in [-0.15, -0.1) is 11.3 Å². The molecule has 0 aliphatic rings. The third-order valence-electron chi connectivity index (χ3n) is 11.7. The molecule has 0 N–H and O–H groups in total. The zero-order valence-corrected chi connectivity index (χ0v) is 32.6. The van der Waals surface area contributed by atoms with E-state index < -0.39 is 0 Å². The summed E-state index contributed by atoms with van der Waals surface area (Å²) in [4.78, 5) is 15.4. The van der Waals surface area contributed by atoms with Gasteiger partial charge in [0.25, 0.3) is 0 Å². The highest BCUT2D eigenvalue weighted by Crippen LogP contribution is 2.44. The van der Waals surface area contributed by atoms with Crippen LogP contribution in [0.5, 0.6) is 0 Å². The van der Waals surface area contributed by atoms with E-state index >= 15 is 0 Å². The van der Waals surface area contributed by atoms with Gasteiger partial charge in [0, 0.05) is 36.9 Å². The Bertz CT molecular complexity index is 3620. The minimum atomic E-state index is 0.643. The summed E-state index contributed by atoms with van der Waals surface area (Å²) in [5.41, 5.74) is 7.52. The predicted molar refractivity (Wildman–Crippen MR) is 250 cm³/mol. The van der Waals surface area contributed by atoms with E-state index in [0.29, 0.717) is 17.5 Å². The lowest BCUT2D eigenvalue weighted by Gasteiger charge is -2.16. The molecule has 0 saturated carbocycles. The Labute approximate surface area is 344 Å². The normalized spacial score (nSPS) is 11.7. The molecule has 59 heavy (non-hydrogen) atoms. The second-order valence-electron chi connectivity index (χ2n) is 15.1. The molecule has 4 heteroatoms. The fraction of sp³-hybridized carbons (Fsp3) is 0. The van der Waals surface area contributed by atoms with Gasteiger partial charge in [-0.05, 0) is 95.7 Å². The molecule has 2 heterocycles. The summed E-state index contributed by atoms with van der Waals surface area (Å²) < 4.78 is 2.43. The van der Waals surface area contributed by atoms with Gasteiger partial charge < -0.3 is 0 Å². The topological polar surface area (TPSA) is 38.7 Å². The molecule has 0 unspecified atom stereocenters. The van der Waals surface area contributed by atoms with Crippen molar-refractivity contribution in [3.63, 3.8) is 0 Å². The Morgan fingerprint density at radius 2 is 0.746 bits per heavy atom. The van der Waals surface area contributed by atoms with Gasteiger partial charge in [-0.2, -0.15) is 0 Å². The molecule has 0 aliphatic carbocycles. The third-order valence-corrected chi connectivity index (χ3v) is 12.9. The molecular weight excluding hydrogens is 735 g/mol. The number of fused-ring (bicyclic) bond motifs is 11. The molecule has 3 nitrogen and oxygen atoms in total. The van der Waals surface area contributed by atoms with Gasteiger partial charge >= 0.3 is 0 Å². The van der Waals surface area contributed by atoms with Gasteiger partial charge in [-0.25, -0.2) is 15.0 Å². The van der Waals surface area contributed by atoms with E-state index in [4.69, 9.17) is 15.0 Å². The number of thiophene rings is 1. The summed E-state index contributed by atoms with van der Waals surface area (Å²) in [6.45, 7) is 0. The van der Waals surface area contributed by atoms with E-state index in [2.05, 4.69) is 182 Å².